The number of benzene rings is 3. The summed E-state index contributed by atoms with van der Waals surface area (Å²) in [4.78, 5) is 23.2. The number of carbonyl (C=O) groups is 1. The lowest BCUT2D eigenvalue weighted by molar-refractivity contribution is -0.384. The zero-order valence-corrected chi connectivity index (χ0v) is 18.3. The summed E-state index contributed by atoms with van der Waals surface area (Å²) in [5, 5.41) is 13.7. The topological polar surface area (TPSA) is 110 Å². The zero-order chi connectivity index (χ0) is 22.9. The van der Waals surface area contributed by atoms with Crippen molar-refractivity contribution in [2.75, 3.05) is 16.2 Å². The number of nitrogens with zero attached hydrogens (tertiary/aromatic N) is 2. The van der Waals surface area contributed by atoms with Gasteiger partial charge in [0, 0.05) is 23.9 Å². The van der Waals surface area contributed by atoms with E-state index in [-0.39, 0.29) is 21.2 Å². The van der Waals surface area contributed by atoms with Crippen LogP contribution in [0.5, 0.6) is 0 Å². The van der Waals surface area contributed by atoms with E-state index in [4.69, 9.17) is 11.6 Å². The van der Waals surface area contributed by atoms with Gasteiger partial charge in [-0.2, -0.15) is 0 Å². The van der Waals surface area contributed by atoms with E-state index in [9.17, 15) is 23.3 Å². The van der Waals surface area contributed by atoms with Crippen LogP contribution in [0.25, 0.3) is 0 Å². The van der Waals surface area contributed by atoms with Crippen molar-refractivity contribution in [3.8, 4) is 0 Å². The fraction of sp³-hybridized carbons (Fsp3) is 0.136. The first-order valence-electron chi connectivity index (χ1n) is 9.73. The Morgan fingerprint density at radius 3 is 2.53 bits per heavy atom. The second-order valence-electron chi connectivity index (χ2n) is 7.21. The van der Waals surface area contributed by atoms with Crippen LogP contribution in [-0.4, -0.2) is 25.8 Å². The maximum Gasteiger partial charge on any atom is 0.288 e. The van der Waals surface area contributed by atoms with Gasteiger partial charge in [0.1, 0.15) is 5.02 Å². The Morgan fingerprint density at radius 1 is 1.06 bits per heavy atom. The first-order chi connectivity index (χ1) is 15.3. The quantitative estimate of drug-likeness (QED) is 0.430. The fourth-order valence-corrected chi connectivity index (χ4v) is 5.36. The molecule has 1 amide bonds. The van der Waals surface area contributed by atoms with Crippen LogP contribution in [-0.2, 0) is 16.4 Å². The van der Waals surface area contributed by atoms with Crippen LogP contribution in [0.1, 0.15) is 22.3 Å². The van der Waals surface area contributed by atoms with E-state index in [0.29, 0.717) is 30.8 Å². The van der Waals surface area contributed by atoms with Crippen molar-refractivity contribution < 1.29 is 18.1 Å². The minimum absolute atomic E-state index is 0.0555. The number of halogens is 1. The molecule has 0 radical (unpaired) electrons. The highest BCUT2D eigenvalue weighted by molar-refractivity contribution is 7.92. The number of anilines is 2. The maximum absolute atomic E-state index is 13.1. The van der Waals surface area contributed by atoms with Crippen molar-refractivity contribution in [2.24, 2.45) is 0 Å². The smallest absolute Gasteiger partial charge is 0.288 e. The Hall–Kier alpha value is -3.43. The average molecular weight is 472 g/mol. The third-order valence-electron chi connectivity index (χ3n) is 5.15. The Labute approximate surface area is 189 Å². The van der Waals surface area contributed by atoms with Crippen molar-refractivity contribution in [3.63, 3.8) is 0 Å². The first kappa shape index (κ1) is 21.8. The van der Waals surface area contributed by atoms with E-state index in [1.54, 1.807) is 48.5 Å². The van der Waals surface area contributed by atoms with Crippen LogP contribution in [0.3, 0.4) is 0 Å². The standard InChI is InChI=1S/C22H18ClN3O5S/c23-19-10-8-16(14-21(19)26(28)29)22(27)24-17-9-11-20-15(13-17)5-4-12-25(20)32(30,31)18-6-2-1-3-7-18/h1-3,6-11,13-14H,4-5,12H2,(H,24,27). The molecule has 0 atom stereocenters. The summed E-state index contributed by atoms with van der Waals surface area (Å²) in [6.45, 7) is 0.365. The number of nitro groups is 1. The molecule has 0 saturated heterocycles. The molecular formula is C22H18ClN3O5S. The van der Waals surface area contributed by atoms with Crippen molar-refractivity contribution in [1.29, 1.82) is 0 Å². The van der Waals surface area contributed by atoms with Crippen LogP contribution >= 0.6 is 11.6 Å². The minimum Gasteiger partial charge on any atom is -0.322 e. The fourth-order valence-electron chi connectivity index (χ4n) is 3.61. The molecule has 0 bridgehead atoms. The van der Waals surface area contributed by atoms with Gasteiger partial charge in [-0.15, -0.1) is 0 Å². The number of hydrogen-bond donors (Lipinski definition) is 1. The third kappa shape index (κ3) is 4.17. The van der Waals surface area contributed by atoms with Gasteiger partial charge in [-0.3, -0.25) is 19.2 Å². The molecule has 1 heterocycles. The molecule has 10 heteroatoms. The molecule has 3 aromatic carbocycles. The number of rotatable bonds is 5. The summed E-state index contributed by atoms with van der Waals surface area (Å²) in [6.07, 6.45) is 1.30. The number of nitrogens with one attached hydrogen (secondary N) is 1. The van der Waals surface area contributed by atoms with E-state index in [2.05, 4.69) is 5.32 Å². The molecular weight excluding hydrogens is 454 g/mol. The predicted octanol–water partition coefficient (Wildman–Crippen LogP) is 4.64. The molecule has 0 spiro atoms. The SMILES string of the molecule is O=C(Nc1ccc2c(c1)CCCN2S(=O)(=O)c1ccccc1)c1ccc(Cl)c([N+](=O)[O-])c1. The molecule has 0 unspecified atom stereocenters. The van der Waals surface area contributed by atoms with Gasteiger partial charge in [-0.05, 0) is 60.9 Å². The van der Waals surface area contributed by atoms with Gasteiger partial charge < -0.3 is 5.32 Å². The zero-order valence-electron chi connectivity index (χ0n) is 16.7. The van der Waals surface area contributed by atoms with Crippen LogP contribution in [0, 0.1) is 10.1 Å². The highest BCUT2D eigenvalue weighted by atomic mass is 35.5. The van der Waals surface area contributed by atoms with E-state index in [0.717, 1.165) is 11.6 Å². The summed E-state index contributed by atoms with van der Waals surface area (Å²) in [6, 6.07) is 17.0. The molecule has 164 valence electrons. The molecule has 1 aliphatic rings. The van der Waals surface area contributed by atoms with Gasteiger partial charge in [0.15, 0.2) is 0 Å². The van der Waals surface area contributed by atoms with Crippen LogP contribution < -0.4 is 9.62 Å². The third-order valence-corrected chi connectivity index (χ3v) is 7.30. The summed E-state index contributed by atoms with van der Waals surface area (Å²) < 4.78 is 27.6. The maximum atomic E-state index is 13.1. The molecule has 3 aromatic rings. The average Bonchev–Trinajstić information content (AvgIpc) is 2.79. The van der Waals surface area contributed by atoms with Crippen LogP contribution in [0.15, 0.2) is 71.6 Å². The van der Waals surface area contributed by atoms with Gasteiger partial charge in [0.2, 0.25) is 0 Å². The highest BCUT2D eigenvalue weighted by Crippen LogP contribution is 2.34. The number of fused-ring (bicyclic) bond motifs is 1. The van der Waals surface area contributed by atoms with Gasteiger partial charge in [-0.25, -0.2) is 8.42 Å². The Morgan fingerprint density at radius 2 is 1.81 bits per heavy atom. The number of nitro benzene ring substituents is 1. The van der Waals surface area contributed by atoms with Gasteiger partial charge >= 0.3 is 0 Å². The highest BCUT2D eigenvalue weighted by Gasteiger charge is 2.29. The lowest BCUT2D eigenvalue weighted by Crippen LogP contribution is -2.35. The largest absolute Gasteiger partial charge is 0.322 e. The molecule has 0 saturated carbocycles. The summed E-state index contributed by atoms with van der Waals surface area (Å²) in [5.41, 5.74) is 1.56. The van der Waals surface area contributed by atoms with E-state index in [1.807, 2.05) is 0 Å². The molecule has 0 fully saturated rings. The number of carbonyl (C=O) groups excluding carboxylic acids is 1. The van der Waals surface area contributed by atoms with E-state index < -0.39 is 20.9 Å². The molecule has 0 aliphatic carbocycles. The molecule has 1 N–H and O–H groups in total. The second kappa shape index (κ2) is 8.60. The predicted molar refractivity (Wildman–Crippen MR) is 122 cm³/mol. The number of hydrogen-bond acceptors (Lipinski definition) is 5. The van der Waals surface area contributed by atoms with Gasteiger partial charge in [0.05, 0.1) is 15.5 Å². The van der Waals surface area contributed by atoms with Crippen LogP contribution in [0.2, 0.25) is 5.02 Å². The Bertz CT molecular complexity index is 1310. The second-order valence-corrected chi connectivity index (χ2v) is 9.48. The molecule has 1 aliphatic heterocycles. The Balaban J connectivity index is 1.60. The van der Waals surface area contributed by atoms with Gasteiger partial charge in [-0.1, -0.05) is 29.8 Å². The monoisotopic (exact) mass is 471 g/mol. The summed E-state index contributed by atoms with van der Waals surface area (Å²) in [5.74, 6) is -0.533. The summed E-state index contributed by atoms with van der Waals surface area (Å²) in [7, 11) is -3.70. The molecule has 0 aromatic heterocycles. The van der Waals surface area contributed by atoms with Crippen molar-refractivity contribution in [2.45, 2.75) is 17.7 Å². The Kier molecular flexibility index (Phi) is 5.86. The van der Waals surface area contributed by atoms with Crippen molar-refractivity contribution in [1.82, 2.24) is 0 Å². The van der Waals surface area contributed by atoms with Crippen molar-refractivity contribution >= 4 is 44.6 Å². The number of sulfonamides is 1. The molecule has 4 rings (SSSR count). The van der Waals surface area contributed by atoms with Gasteiger partial charge in [0.25, 0.3) is 21.6 Å². The lowest BCUT2D eigenvalue weighted by atomic mass is 10.0. The van der Waals surface area contributed by atoms with Crippen molar-refractivity contribution in [3.05, 3.63) is 93.0 Å². The lowest BCUT2D eigenvalue weighted by Gasteiger charge is -2.30. The number of amides is 1. The minimum atomic E-state index is -3.70. The van der Waals surface area contributed by atoms with E-state index >= 15 is 0 Å². The molecule has 32 heavy (non-hydrogen) atoms. The van der Waals surface area contributed by atoms with E-state index in [1.165, 1.54) is 16.4 Å². The van der Waals surface area contributed by atoms with Crippen LogP contribution in [0.4, 0.5) is 17.1 Å². The normalized spacial score (nSPS) is 13.3. The number of aryl methyl sites for hydroxylation is 1. The first-order valence-corrected chi connectivity index (χ1v) is 11.6. The molecule has 8 nitrogen and oxygen atoms in total. The summed E-state index contributed by atoms with van der Waals surface area (Å²) >= 11 is 5.80.